The van der Waals surface area contributed by atoms with Crippen LogP contribution in [0.3, 0.4) is 0 Å². The maximum Gasteiger partial charge on any atom is 0.283 e. The van der Waals surface area contributed by atoms with Crippen LogP contribution in [0.25, 0.3) is 0 Å². The molecule has 0 bridgehead atoms. The largest absolute Gasteiger partial charge is 0.393 e. The molecule has 6 nitrogen and oxygen atoms in total. The van der Waals surface area contributed by atoms with Crippen LogP contribution in [-0.2, 0) is 6.54 Å². The predicted molar refractivity (Wildman–Crippen MR) is 86.6 cm³/mol. The van der Waals surface area contributed by atoms with Gasteiger partial charge in [-0.15, -0.1) is 0 Å². The highest BCUT2D eigenvalue weighted by atomic mass is 79.9. The molecule has 2 atom stereocenters. The molecule has 1 aliphatic carbocycles. The Morgan fingerprint density at radius 2 is 2.29 bits per heavy atom. The lowest BCUT2D eigenvalue weighted by molar-refractivity contribution is 0.178. The highest BCUT2D eigenvalue weighted by molar-refractivity contribution is 9.10. The number of aliphatic hydroxyl groups excluding tert-OH is 1. The van der Waals surface area contributed by atoms with Gasteiger partial charge in [-0.05, 0) is 55.2 Å². The van der Waals surface area contributed by atoms with Gasteiger partial charge < -0.3 is 15.3 Å². The molecular weight excluding hydrogens is 336 g/mol. The van der Waals surface area contributed by atoms with Crippen molar-refractivity contribution < 1.29 is 5.11 Å². The number of nitrogens with zero attached hydrogens (tertiary/aromatic N) is 3. The van der Waals surface area contributed by atoms with Crippen molar-refractivity contribution in [2.75, 3.05) is 32.5 Å². The molecule has 118 valence electrons. The van der Waals surface area contributed by atoms with Gasteiger partial charge in [0.1, 0.15) is 4.47 Å². The third-order valence-corrected chi connectivity index (χ3v) is 4.60. The topological polar surface area (TPSA) is 70.4 Å². The van der Waals surface area contributed by atoms with Crippen molar-refractivity contribution in [2.24, 2.45) is 5.92 Å². The van der Waals surface area contributed by atoms with Crippen molar-refractivity contribution in [3.8, 4) is 0 Å². The summed E-state index contributed by atoms with van der Waals surface area (Å²) in [6.07, 6.45) is 4.25. The quantitative estimate of drug-likeness (QED) is 0.797. The van der Waals surface area contributed by atoms with Crippen LogP contribution in [0, 0.1) is 5.92 Å². The highest BCUT2D eigenvalue weighted by Gasteiger charge is 2.22. The molecule has 2 N–H and O–H groups in total. The second kappa shape index (κ2) is 7.38. The van der Waals surface area contributed by atoms with Gasteiger partial charge in [0, 0.05) is 13.1 Å². The van der Waals surface area contributed by atoms with Crippen molar-refractivity contribution in [1.82, 2.24) is 14.7 Å². The molecular formula is C14H23BrN4O2. The second-order valence-corrected chi connectivity index (χ2v) is 6.71. The fourth-order valence-electron chi connectivity index (χ4n) is 2.53. The van der Waals surface area contributed by atoms with Crippen LogP contribution in [0.2, 0.25) is 0 Å². The Labute approximate surface area is 133 Å². The molecule has 0 aromatic carbocycles. The molecule has 1 heterocycles. The van der Waals surface area contributed by atoms with E-state index in [-0.39, 0.29) is 11.7 Å². The van der Waals surface area contributed by atoms with E-state index in [1.165, 1.54) is 4.68 Å². The fraction of sp³-hybridized carbons (Fsp3) is 0.714. The lowest BCUT2D eigenvalue weighted by atomic mass is 10.1. The standard InChI is InChI=1S/C14H23BrN4O2/c1-18(2)5-6-19-14(21)13(15)12(9-17-19)16-8-10-3-4-11(20)7-10/h9-11,16,20H,3-8H2,1-2H3. The Morgan fingerprint density at radius 3 is 2.90 bits per heavy atom. The molecule has 21 heavy (non-hydrogen) atoms. The van der Waals surface area contributed by atoms with Crippen LogP contribution >= 0.6 is 15.9 Å². The van der Waals surface area contributed by atoms with Crippen molar-refractivity contribution >= 4 is 21.6 Å². The maximum atomic E-state index is 12.2. The Hall–Kier alpha value is -0.920. The number of anilines is 1. The molecule has 2 rings (SSSR count). The zero-order valence-corrected chi connectivity index (χ0v) is 14.1. The summed E-state index contributed by atoms with van der Waals surface area (Å²) in [7, 11) is 3.93. The number of hydrogen-bond acceptors (Lipinski definition) is 5. The zero-order valence-electron chi connectivity index (χ0n) is 12.5. The molecule has 1 fully saturated rings. The Balaban J connectivity index is 1.98. The van der Waals surface area contributed by atoms with E-state index in [1.54, 1.807) is 6.20 Å². The Kier molecular flexibility index (Phi) is 5.78. The van der Waals surface area contributed by atoms with Gasteiger partial charge in [0.25, 0.3) is 5.56 Å². The average molecular weight is 359 g/mol. The van der Waals surface area contributed by atoms with E-state index >= 15 is 0 Å². The number of aliphatic hydroxyl groups is 1. The Morgan fingerprint density at radius 1 is 1.52 bits per heavy atom. The van der Waals surface area contributed by atoms with E-state index in [0.29, 0.717) is 16.9 Å². The predicted octanol–water partition coefficient (Wildman–Crippen LogP) is 1.14. The van der Waals surface area contributed by atoms with Crippen molar-refractivity contribution in [1.29, 1.82) is 0 Å². The second-order valence-electron chi connectivity index (χ2n) is 5.92. The van der Waals surface area contributed by atoms with Gasteiger partial charge >= 0.3 is 0 Å². The molecule has 0 aliphatic heterocycles. The van der Waals surface area contributed by atoms with Crippen LogP contribution in [-0.4, -0.2) is 53.1 Å². The summed E-state index contributed by atoms with van der Waals surface area (Å²) in [6, 6.07) is 0. The van der Waals surface area contributed by atoms with Crippen molar-refractivity contribution in [3.05, 3.63) is 21.0 Å². The van der Waals surface area contributed by atoms with Gasteiger partial charge in [-0.1, -0.05) is 0 Å². The molecule has 0 radical (unpaired) electrons. The molecule has 0 saturated heterocycles. The van der Waals surface area contributed by atoms with Gasteiger partial charge in [-0.25, -0.2) is 4.68 Å². The van der Waals surface area contributed by atoms with E-state index in [4.69, 9.17) is 0 Å². The summed E-state index contributed by atoms with van der Waals surface area (Å²) in [6.45, 7) is 2.10. The monoisotopic (exact) mass is 358 g/mol. The summed E-state index contributed by atoms with van der Waals surface area (Å²) in [5.74, 6) is 0.461. The summed E-state index contributed by atoms with van der Waals surface area (Å²) < 4.78 is 1.99. The lowest BCUT2D eigenvalue weighted by Gasteiger charge is -2.15. The van der Waals surface area contributed by atoms with Crippen LogP contribution in [0.5, 0.6) is 0 Å². The van der Waals surface area contributed by atoms with Gasteiger partial charge in [0.2, 0.25) is 0 Å². The Bertz CT molecular complexity index is 532. The summed E-state index contributed by atoms with van der Waals surface area (Å²) in [4.78, 5) is 14.2. The van der Waals surface area contributed by atoms with E-state index in [2.05, 4.69) is 26.3 Å². The van der Waals surface area contributed by atoms with Crippen LogP contribution in [0.15, 0.2) is 15.5 Å². The molecule has 0 amide bonds. The molecule has 7 heteroatoms. The normalized spacial score (nSPS) is 22.0. The summed E-state index contributed by atoms with van der Waals surface area (Å²) in [5, 5.41) is 17.0. The third-order valence-electron chi connectivity index (χ3n) is 3.84. The first-order chi connectivity index (χ1) is 9.97. The van der Waals surface area contributed by atoms with Gasteiger partial charge in [-0.3, -0.25) is 4.79 Å². The van der Waals surface area contributed by atoms with Crippen LogP contribution in [0.1, 0.15) is 19.3 Å². The highest BCUT2D eigenvalue weighted by Crippen LogP contribution is 2.26. The first-order valence-corrected chi connectivity index (χ1v) is 8.09. The molecule has 0 spiro atoms. The SMILES string of the molecule is CN(C)CCn1ncc(NCC2CCC(O)C2)c(Br)c1=O. The lowest BCUT2D eigenvalue weighted by Crippen LogP contribution is -2.29. The number of aromatic nitrogens is 2. The average Bonchev–Trinajstić information content (AvgIpc) is 2.85. The first-order valence-electron chi connectivity index (χ1n) is 7.29. The smallest absolute Gasteiger partial charge is 0.283 e. The zero-order chi connectivity index (χ0) is 15.4. The molecule has 2 unspecified atom stereocenters. The minimum absolute atomic E-state index is 0.117. The number of halogens is 1. The van der Waals surface area contributed by atoms with Gasteiger partial charge in [-0.2, -0.15) is 5.10 Å². The fourth-order valence-corrected chi connectivity index (χ4v) is 2.98. The summed E-state index contributed by atoms with van der Waals surface area (Å²) in [5.41, 5.74) is 0.607. The molecule has 1 aliphatic rings. The minimum Gasteiger partial charge on any atom is -0.393 e. The minimum atomic E-state index is -0.169. The molecule has 1 saturated carbocycles. The van der Waals surface area contributed by atoms with Crippen LogP contribution < -0.4 is 10.9 Å². The third kappa shape index (κ3) is 4.52. The van der Waals surface area contributed by atoms with E-state index < -0.39 is 0 Å². The van der Waals surface area contributed by atoms with Gasteiger partial charge in [0.15, 0.2) is 0 Å². The molecule has 1 aromatic rings. The van der Waals surface area contributed by atoms with Crippen LogP contribution in [0.4, 0.5) is 5.69 Å². The first kappa shape index (κ1) is 16.5. The van der Waals surface area contributed by atoms with E-state index in [9.17, 15) is 9.90 Å². The van der Waals surface area contributed by atoms with E-state index in [0.717, 1.165) is 38.0 Å². The van der Waals surface area contributed by atoms with Gasteiger partial charge in [0.05, 0.1) is 24.5 Å². The number of hydrogen-bond donors (Lipinski definition) is 2. The number of likely N-dealkylation sites (N-methyl/N-ethyl adjacent to an activating group) is 1. The summed E-state index contributed by atoms with van der Waals surface area (Å²) >= 11 is 3.36. The number of nitrogens with one attached hydrogen (secondary N) is 1. The maximum absolute atomic E-state index is 12.2. The van der Waals surface area contributed by atoms with Crippen molar-refractivity contribution in [3.63, 3.8) is 0 Å². The van der Waals surface area contributed by atoms with E-state index in [1.807, 2.05) is 19.0 Å². The molecule has 1 aromatic heterocycles. The number of rotatable bonds is 6. The van der Waals surface area contributed by atoms with Crippen molar-refractivity contribution in [2.45, 2.75) is 31.9 Å².